The number of benzene rings is 1. The summed E-state index contributed by atoms with van der Waals surface area (Å²) < 4.78 is 41.0. The minimum atomic E-state index is -3.74. The van der Waals surface area contributed by atoms with Crippen molar-refractivity contribution in [1.82, 2.24) is 9.21 Å². The molecule has 0 radical (unpaired) electrons. The number of nitrogens with zero attached hydrogens (tertiary/aromatic N) is 2. The Balaban J connectivity index is 1.68. The summed E-state index contributed by atoms with van der Waals surface area (Å²) in [6.07, 6.45) is 2.01. The van der Waals surface area contributed by atoms with Crippen molar-refractivity contribution in [3.05, 3.63) is 42.4 Å². The van der Waals surface area contributed by atoms with Gasteiger partial charge in [-0.05, 0) is 12.3 Å². The summed E-state index contributed by atoms with van der Waals surface area (Å²) in [7, 11) is -3.74. The summed E-state index contributed by atoms with van der Waals surface area (Å²) in [4.78, 5) is 25.3. The van der Waals surface area contributed by atoms with Crippen LogP contribution in [0.5, 0.6) is 0 Å². The van der Waals surface area contributed by atoms with Gasteiger partial charge in [0.05, 0.1) is 17.4 Å². The molecule has 1 aromatic rings. The number of amides is 1. The molecule has 0 bridgehead atoms. The van der Waals surface area contributed by atoms with Crippen LogP contribution in [0.25, 0.3) is 0 Å². The standard InChI is InChI=1S/C18H22FN3O4S/c1-2-21-10-14(11-21)18(24)20-16-5-3-4-13(17(16)19)12-27(25,26)22-8-6-15(23)7-9-22/h2-5,14H,1,6-12H2,(H,20,24). The van der Waals surface area contributed by atoms with E-state index < -0.39 is 21.6 Å². The number of rotatable bonds is 6. The van der Waals surface area contributed by atoms with Crippen molar-refractivity contribution in [3.8, 4) is 0 Å². The zero-order valence-electron chi connectivity index (χ0n) is 14.9. The molecular weight excluding hydrogens is 373 g/mol. The molecule has 1 aromatic carbocycles. The van der Waals surface area contributed by atoms with Gasteiger partial charge >= 0.3 is 0 Å². The van der Waals surface area contributed by atoms with Crippen molar-refractivity contribution in [3.63, 3.8) is 0 Å². The van der Waals surface area contributed by atoms with Crippen molar-refractivity contribution >= 4 is 27.4 Å². The maximum atomic E-state index is 14.7. The Labute approximate surface area is 157 Å². The summed E-state index contributed by atoms with van der Waals surface area (Å²) >= 11 is 0. The second-order valence-corrected chi connectivity index (χ2v) is 8.76. The number of piperidine rings is 1. The molecule has 27 heavy (non-hydrogen) atoms. The number of sulfonamides is 1. The van der Waals surface area contributed by atoms with Crippen LogP contribution in [0.4, 0.5) is 10.1 Å². The SMILES string of the molecule is C=CN1CC(C(=O)Nc2cccc(CS(=O)(=O)N3CCC(=O)CC3)c2F)C1. The highest BCUT2D eigenvalue weighted by Crippen LogP contribution is 2.24. The monoisotopic (exact) mass is 395 g/mol. The van der Waals surface area contributed by atoms with E-state index in [0.717, 1.165) is 0 Å². The zero-order valence-corrected chi connectivity index (χ0v) is 15.7. The highest BCUT2D eigenvalue weighted by Gasteiger charge is 2.32. The smallest absolute Gasteiger partial charge is 0.231 e. The van der Waals surface area contributed by atoms with E-state index in [2.05, 4.69) is 11.9 Å². The topological polar surface area (TPSA) is 86.8 Å². The third-order valence-electron chi connectivity index (χ3n) is 4.89. The molecular formula is C18H22FN3O4S. The first-order valence-corrected chi connectivity index (χ1v) is 10.4. The van der Waals surface area contributed by atoms with Crippen molar-refractivity contribution in [2.45, 2.75) is 18.6 Å². The van der Waals surface area contributed by atoms with Gasteiger partial charge in [0.1, 0.15) is 5.78 Å². The van der Waals surface area contributed by atoms with E-state index in [9.17, 15) is 22.4 Å². The number of likely N-dealkylation sites (tertiary alicyclic amines) is 1. The summed E-state index contributed by atoms with van der Waals surface area (Å²) in [6, 6.07) is 4.31. The van der Waals surface area contributed by atoms with Gasteiger partial charge in [-0.3, -0.25) is 9.59 Å². The molecule has 1 amide bonds. The third kappa shape index (κ3) is 4.36. The van der Waals surface area contributed by atoms with Crippen molar-refractivity contribution in [2.24, 2.45) is 5.92 Å². The number of anilines is 1. The van der Waals surface area contributed by atoms with Gasteiger partial charge in [-0.1, -0.05) is 18.7 Å². The van der Waals surface area contributed by atoms with E-state index in [-0.39, 0.29) is 54.8 Å². The molecule has 0 atom stereocenters. The lowest BCUT2D eigenvalue weighted by atomic mass is 10.00. The van der Waals surface area contributed by atoms with Crippen LogP contribution in [0.3, 0.4) is 0 Å². The number of ketones is 1. The lowest BCUT2D eigenvalue weighted by Crippen LogP contribution is -2.49. The molecule has 2 fully saturated rings. The van der Waals surface area contributed by atoms with Gasteiger partial charge in [0.2, 0.25) is 15.9 Å². The van der Waals surface area contributed by atoms with E-state index >= 15 is 0 Å². The zero-order chi connectivity index (χ0) is 19.6. The highest BCUT2D eigenvalue weighted by molar-refractivity contribution is 7.88. The summed E-state index contributed by atoms with van der Waals surface area (Å²) in [5.41, 5.74) is -0.0374. The maximum absolute atomic E-state index is 14.7. The Morgan fingerprint density at radius 1 is 1.30 bits per heavy atom. The van der Waals surface area contributed by atoms with Crippen molar-refractivity contribution in [1.29, 1.82) is 0 Å². The molecule has 7 nitrogen and oxygen atoms in total. The molecule has 0 saturated carbocycles. The molecule has 0 spiro atoms. The Morgan fingerprint density at radius 2 is 1.96 bits per heavy atom. The average molecular weight is 395 g/mol. The number of hydrogen-bond donors (Lipinski definition) is 1. The number of Topliss-reactive ketones (excluding diaryl/α,β-unsaturated/α-hetero) is 1. The van der Waals surface area contributed by atoms with E-state index in [1.165, 1.54) is 22.5 Å². The van der Waals surface area contributed by atoms with Crippen LogP contribution in [0, 0.1) is 11.7 Å². The number of carbonyl (C=O) groups is 2. The van der Waals surface area contributed by atoms with Gasteiger partial charge in [0.25, 0.3) is 0 Å². The molecule has 2 saturated heterocycles. The first kappa shape index (κ1) is 19.5. The van der Waals surface area contributed by atoms with Gasteiger partial charge < -0.3 is 10.2 Å². The van der Waals surface area contributed by atoms with Gasteiger partial charge in [0.15, 0.2) is 5.82 Å². The lowest BCUT2D eigenvalue weighted by Gasteiger charge is -2.37. The van der Waals surface area contributed by atoms with Crippen LogP contribution >= 0.6 is 0 Å². The second kappa shape index (κ2) is 7.77. The molecule has 2 heterocycles. The molecule has 0 unspecified atom stereocenters. The number of halogens is 1. The minimum absolute atomic E-state index is 0.00831. The Morgan fingerprint density at radius 3 is 2.59 bits per heavy atom. The molecule has 2 aliphatic rings. The second-order valence-electron chi connectivity index (χ2n) is 6.80. The third-order valence-corrected chi connectivity index (χ3v) is 6.71. The van der Waals surface area contributed by atoms with Gasteiger partial charge in [-0.25, -0.2) is 17.1 Å². The summed E-state index contributed by atoms with van der Waals surface area (Å²) in [6.45, 7) is 4.92. The number of carbonyl (C=O) groups excluding carboxylic acids is 2. The molecule has 3 rings (SSSR count). The van der Waals surface area contributed by atoms with Crippen LogP contribution < -0.4 is 5.32 Å². The molecule has 2 aliphatic heterocycles. The maximum Gasteiger partial charge on any atom is 0.231 e. The largest absolute Gasteiger partial charge is 0.376 e. The Kier molecular flexibility index (Phi) is 5.61. The minimum Gasteiger partial charge on any atom is -0.376 e. The summed E-state index contributed by atoms with van der Waals surface area (Å²) in [5, 5.41) is 2.54. The number of nitrogens with one attached hydrogen (secondary N) is 1. The van der Waals surface area contributed by atoms with Crippen LogP contribution in [-0.4, -0.2) is 55.5 Å². The number of hydrogen-bond acceptors (Lipinski definition) is 5. The fourth-order valence-electron chi connectivity index (χ4n) is 3.15. The Bertz CT molecular complexity index is 855. The first-order valence-electron chi connectivity index (χ1n) is 8.74. The molecule has 0 aromatic heterocycles. The fraction of sp³-hybridized carbons (Fsp3) is 0.444. The van der Waals surface area contributed by atoms with E-state index in [4.69, 9.17) is 0 Å². The molecule has 9 heteroatoms. The molecule has 0 aliphatic carbocycles. The van der Waals surface area contributed by atoms with Crippen molar-refractivity contribution < 1.29 is 22.4 Å². The van der Waals surface area contributed by atoms with Gasteiger partial charge in [-0.2, -0.15) is 0 Å². The Hall–Kier alpha value is -2.26. The van der Waals surface area contributed by atoms with E-state index in [0.29, 0.717) is 13.1 Å². The van der Waals surface area contributed by atoms with Crippen LogP contribution in [0.15, 0.2) is 31.0 Å². The van der Waals surface area contributed by atoms with Gasteiger partial charge in [0, 0.05) is 44.6 Å². The van der Waals surface area contributed by atoms with Gasteiger partial charge in [-0.15, -0.1) is 0 Å². The highest BCUT2D eigenvalue weighted by atomic mass is 32.2. The van der Waals surface area contributed by atoms with Crippen LogP contribution in [-0.2, 0) is 25.4 Å². The normalized spacial score (nSPS) is 18.9. The van der Waals surface area contributed by atoms with Crippen molar-refractivity contribution in [2.75, 3.05) is 31.5 Å². The summed E-state index contributed by atoms with van der Waals surface area (Å²) in [5.74, 6) is -1.78. The molecule has 1 N–H and O–H groups in total. The van der Waals surface area contributed by atoms with Crippen LogP contribution in [0.2, 0.25) is 0 Å². The van der Waals surface area contributed by atoms with Crippen LogP contribution in [0.1, 0.15) is 18.4 Å². The quantitative estimate of drug-likeness (QED) is 0.785. The lowest BCUT2D eigenvalue weighted by molar-refractivity contribution is -0.123. The predicted molar refractivity (Wildman–Crippen MR) is 98.7 cm³/mol. The molecule has 146 valence electrons. The fourth-order valence-corrected chi connectivity index (χ4v) is 4.69. The first-order chi connectivity index (χ1) is 12.8. The van der Waals surface area contributed by atoms with E-state index in [1.54, 1.807) is 6.20 Å². The van der Waals surface area contributed by atoms with E-state index in [1.807, 2.05) is 4.90 Å². The predicted octanol–water partition coefficient (Wildman–Crippen LogP) is 1.33. The average Bonchev–Trinajstić information content (AvgIpc) is 2.58.